The van der Waals surface area contributed by atoms with Crippen molar-refractivity contribution in [2.75, 3.05) is 27.2 Å². The maximum atomic E-state index is 4.72. The molecule has 0 fully saturated rings. The van der Waals surface area contributed by atoms with Crippen LogP contribution in [0.1, 0.15) is 43.0 Å². The van der Waals surface area contributed by atoms with Crippen LogP contribution >= 0.6 is 35.3 Å². The van der Waals surface area contributed by atoms with Gasteiger partial charge in [-0.3, -0.25) is 0 Å². The molecule has 1 heterocycles. The molecule has 2 aromatic rings. The summed E-state index contributed by atoms with van der Waals surface area (Å²) in [4.78, 5) is 11.7. The van der Waals surface area contributed by atoms with E-state index in [0.717, 1.165) is 36.2 Å². The minimum atomic E-state index is 0. The summed E-state index contributed by atoms with van der Waals surface area (Å²) >= 11 is 1.69. The minimum Gasteiger partial charge on any atom is -0.357 e. The van der Waals surface area contributed by atoms with Gasteiger partial charge in [0.15, 0.2) is 5.96 Å². The van der Waals surface area contributed by atoms with Crippen LogP contribution in [0.25, 0.3) is 0 Å². The van der Waals surface area contributed by atoms with Gasteiger partial charge >= 0.3 is 0 Å². The van der Waals surface area contributed by atoms with Crippen molar-refractivity contribution in [2.24, 2.45) is 4.99 Å². The quantitative estimate of drug-likeness (QED) is 0.300. The van der Waals surface area contributed by atoms with Crippen molar-refractivity contribution < 1.29 is 0 Å². The Morgan fingerprint density at radius 2 is 1.89 bits per heavy atom. The molecule has 0 spiro atoms. The van der Waals surface area contributed by atoms with Gasteiger partial charge in [0.25, 0.3) is 0 Å². The molecule has 0 saturated heterocycles. The minimum absolute atomic E-state index is 0. The molecule has 0 saturated carbocycles. The van der Waals surface area contributed by atoms with Crippen molar-refractivity contribution in [3.05, 3.63) is 52.0 Å². The maximum Gasteiger partial charge on any atom is 0.191 e. The summed E-state index contributed by atoms with van der Waals surface area (Å²) in [5.74, 6) is 1.31. The molecular weight excluding hydrogens is 481 g/mol. The summed E-state index contributed by atoms with van der Waals surface area (Å²) in [6.45, 7) is 8.71. The number of thiazole rings is 1. The number of nitrogens with one attached hydrogen (secondary N) is 2. The van der Waals surface area contributed by atoms with Crippen LogP contribution in [0.3, 0.4) is 0 Å². The number of hydrogen-bond donors (Lipinski definition) is 2. The topological polar surface area (TPSA) is 52.6 Å². The van der Waals surface area contributed by atoms with Gasteiger partial charge in [-0.25, -0.2) is 9.98 Å². The van der Waals surface area contributed by atoms with Crippen LogP contribution in [0.4, 0.5) is 0 Å². The maximum absolute atomic E-state index is 4.72. The van der Waals surface area contributed by atoms with Gasteiger partial charge in [-0.05, 0) is 38.9 Å². The zero-order valence-corrected chi connectivity index (χ0v) is 20.8. The Morgan fingerprint density at radius 3 is 2.46 bits per heavy atom. The molecule has 0 aliphatic heterocycles. The van der Waals surface area contributed by atoms with Gasteiger partial charge in [0.05, 0.1) is 12.2 Å². The van der Waals surface area contributed by atoms with E-state index < -0.39 is 0 Å². The second kappa shape index (κ2) is 13.1. The number of nitrogens with zero attached hydrogens (tertiary/aromatic N) is 3. The van der Waals surface area contributed by atoms with Crippen LogP contribution < -0.4 is 10.6 Å². The van der Waals surface area contributed by atoms with Crippen LogP contribution in [-0.2, 0) is 13.0 Å². The highest BCUT2D eigenvalue weighted by Gasteiger charge is 2.13. The van der Waals surface area contributed by atoms with Gasteiger partial charge in [0.2, 0.25) is 0 Å². The predicted molar refractivity (Wildman–Crippen MR) is 132 cm³/mol. The molecular formula is C21H34IN5S. The van der Waals surface area contributed by atoms with Crippen LogP contribution in [0.5, 0.6) is 0 Å². The molecule has 0 bridgehead atoms. The van der Waals surface area contributed by atoms with Crippen molar-refractivity contribution in [3.8, 4) is 0 Å². The van der Waals surface area contributed by atoms with E-state index in [1.54, 1.807) is 11.3 Å². The largest absolute Gasteiger partial charge is 0.357 e. The SMILES string of the molecule is CCNC(=NCc1nc(C(C)C)cs1)NCC(Cc1ccccc1)N(C)C.I. The number of benzene rings is 1. The Bertz CT molecular complexity index is 700. The summed E-state index contributed by atoms with van der Waals surface area (Å²) in [5.41, 5.74) is 2.50. The lowest BCUT2D eigenvalue weighted by molar-refractivity contribution is 0.290. The third-order valence-corrected chi connectivity index (χ3v) is 5.28. The van der Waals surface area contributed by atoms with E-state index in [-0.39, 0.29) is 24.0 Å². The predicted octanol–water partition coefficient (Wildman–Crippen LogP) is 4.11. The normalized spacial score (nSPS) is 12.8. The molecule has 1 atom stereocenters. The van der Waals surface area contributed by atoms with Crippen LogP contribution in [0, 0.1) is 0 Å². The highest BCUT2D eigenvalue weighted by molar-refractivity contribution is 14.0. The number of rotatable bonds is 9. The van der Waals surface area contributed by atoms with Crippen molar-refractivity contribution in [3.63, 3.8) is 0 Å². The summed E-state index contributed by atoms with van der Waals surface area (Å²) in [6, 6.07) is 11.0. The van der Waals surface area contributed by atoms with Crippen molar-refractivity contribution in [1.29, 1.82) is 0 Å². The number of aromatic nitrogens is 1. The second-order valence-corrected chi connectivity index (χ2v) is 8.15. The number of halogens is 1. The van der Waals surface area contributed by atoms with E-state index >= 15 is 0 Å². The van der Waals surface area contributed by atoms with Crippen molar-refractivity contribution in [2.45, 2.75) is 45.7 Å². The van der Waals surface area contributed by atoms with E-state index in [1.165, 1.54) is 5.56 Å². The number of hydrogen-bond acceptors (Lipinski definition) is 4. The molecule has 7 heteroatoms. The fourth-order valence-corrected chi connectivity index (χ4v) is 3.57. The molecule has 2 N–H and O–H groups in total. The van der Waals surface area contributed by atoms with Gasteiger partial charge in [0, 0.05) is 24.5 Å². The van der Waals surface area contributed by atoms with Crippen molar-refractivity contribution in [1.82, 2.24) is 20.5 Å². The monoisotopic (exact) mass is 515 g/mol. The Hall–Kier alpha value is -1.19. The first-order valence-electron chi connectivity index (χ1n) is 9.66. The first-order chi connectivity index (χ1) is 13.0. The Balaban J connectivity index is 0.00000392. The highest BCUT2D eigenvalue weighted by Crippen LogP contribution is 2.18. The zero-order valence-electron chi connectivity index (χ0n) is 17.6. The Morgan fingerprint density at radius 1 is 1.18 bits per heavy atom. The fraction of sp³-hybridized carbons (Fsp3) is 0.524. The van der Waals surface area contributed by atoms with E-state index in [2.05, 4.69) is 91.1 Å². The van der Waals surface area contributed by atoms with Crippen LogP contribution in [0.2, 0.25) is 0 Å². The summed E-state index contributed by atoms with van der Waals surface area (Å²) in [5, 5.41) is 10.0. The molecule has 28 heavy (non-hydrogen) atoms. The van der Waals surface area contributed by atoms with Gasteiger partial charge in [0.1, 0.15) is 5.01 Å². The number of likely N-dealkylation sites (N-methyl/N-ethyl adjacent to an activating group) is 1. The molecule has 0 radical (unpaired) electrons. The second-order valence-electron chi connectivity index (χ2n) is 7.20. The fourth-order valence-electron chi connectivity index (χ4n) is 2.69. The van der Waals surface area contributed by atoms with Gasteiger partial charge in [-0.2, -0.15) is 0 Å². The molecule has 1 aromatic heterocycles. The van der Waals surface area contributed by atoms with E-state index in [0.29, 0.717) is 18.5 Å². The lowest BCUT2D eigenvalue weighted by Gasteiger charge is -2.25. The standard InChI is InChI=1S/C21H33N5S.HI/c1-6-22-21(24-14-20-25-19(15-27-20)16(2)3)23-13-18(26(4)5)12-17-10-8-7-9-11-17;/h7-11,15-16,18H,6,12-14H2,1-5H3,(H2,22,23,24);1H. The molecule has 156 valence electrons. The summed E-state index contributed by atoms with van der Waals surface area (Å²) in [6.07, 6.45) is 1.00. The van der Waals surface area contributed by atoms with Crippen LogP contribution in [0.15, 0.2) is 40.7 Å². The molecule has 0 amide bonds. The van der Waals surface area contributed by atoms with Gasteiger partial charge < -0.3 is 15.5 Å². The Labute approximate surface area is 191 Å². The molecule has 0 aliphatic rings. The third-order valence-electron chi connectivity index (χ3n) is 4.43. The van der Waals surface area contributed by atoms with Crippen molar-refractivity contribution >= 4 is 41.3 Å². The van der Waals surface area contributed by atoms with Crippen LogP contribution in [-0.4, -0.2) is 49.1 Å². The third kappa shape index (κ3) is 8.45. The van der Waals surface area contributed by atoms with E-state index in [9.17, 15) is 0 Å². The average Bonchev–Trinajstić information content (AvgIpc) is 3.13. The summed E-state index contributed by atoms with van der Waals surface area (Å²) < 4.78 is 0. The number of aliphatic imine (C=N–C) groups is 1. The first-order valence-corrected chi connectivity index (χ1v) is 10.5. The molecule has 1 aromatic carbocycles. The Kier molecular flexibility index (Phi) is 11.6. The molecule has 1 unspecified atom stereocenters. The van der Waals surface area contributed by atoms with Gasteiger partial charge in [-0.15, -0.1) is 35.3 Å². The molecule has 5 nitrogen and oxygen atoms in total. The molecule has 2 rings (SSSR count). The summed E-state index contributed by atoms with van der Waals surface area (Å²) in [7, 11) is 4.25. The zero-order chi connectivity index (χ0) is 19.6. The highest BCUT2D eigenvalue weighted by atomic mass is 127. The average molecular weight is 516 g/mol. The number of guanidine groups is 1. The van der Waals surface area contributed by atoms with E-state index in [4.69, 9.17) is 4.99 Å². The smallest absolute Gasteiger partial charge is 0.191 e. The molecule has 0 aliphatic carbocycles. The lowest BCUT2D eigenvalue weighted by Crippen LogP contribution is -2.46. The van der Waals surface area contributed by atoms with Gasteiger partial charge in [-0.1, -0.05) is 44.2 Å². The lowest BCUT2D eigenvalue weighted by atomic mass is 10.1. The van der Waals surface area contributed by atoms with E-state index in [1.807, 2.05) is 0 Å². The first kappa shape index (κ1) is 24.8.